The molecule has 6 nitrogen and oxygen atoms in total. The standard InChI is InChI=1S/C20H17F3N4O2/c1-26-15-11-27(10-12-6-8-24-9-7-12)18(28)16(15)17(25-19(26)29)13-2-4-14(5-3-13)20(21,22)23/h2-9,17H,10-11H2,1H3,(H,25,29). The van der Waals surface area contributed by atoms with Gasteiger partial charge in [0.2, 0.25) is 0 Å². The number of pyridine rings is 1. The zero-order chi connectivity index (χ0) is 20.8. The normalized spacial score (nSPS) is 19.5. The Balaban J connectivity index is 1.65. The van der Waals surface area contributed by atoms with Crippen LogP contribution >= 0.6 is 0 Å². The average molecular weight is 402 g/mol. The van der Waals surface area contributed by atoms with Crippen LogP contribution in [0.1, 0.15) is 22.7 Å². The van der Waals surface area contributed by atoms with Gasteiger partial charge < -0.3 is 10.2 Å². The van der Waals surface area contributed by atoms with Gasteiger partial charge in [0.25, 0.3) is 5.91 Å². The number of likely N-dealkylation sites (N-methyl/N-ethyl adjacent to an activating group) is 1. The number of halogens is 3. The molecule has 9 heteroatoms. The molecule has 0 saturated heterocycles. The number of aromatic nitrogens is 1. The Morgan fingerprint density at radius 3 is 2.38 bits per heavy atom. The van der Waals surface area contributed by atoms with E-state index in [1.165, 1.54) is 17.0 Å². The molecule has 2 aliphatic heterocycles. The Morgan fingerprint density at radius 1 is 1.10 bits per heavy atom. The van der Waals surface area contributed by atoms with Crippen LogP contribution < -0.4 is 5.32 Å². The van der Waals surface area contributed by atoms with Crippen LogP contribution in [-0.2, 0) is 17.5 Å². The van der Waals surface area contributed by atoms with E-state index in [0.717, 1.165) is 17.7 Å². The molecule has 2 aromatic rings. The van der Waals surface area contributed by atoms with Crippen LogP contribution in [-0.4, -0.2) is 40.3 Å². The van der Waals surface area contributed by atoms with E-state index in [2.05, 4.69) is 10.3 Å². The van der Waals surface area contributed by atoms with Crippen LogP contribution in [0.2, 0.25) is 0 Å². The number of carbonyl (C=O) groups excluding carboxylic acids is 2. The third-order valence-corrected chi connectivity index (χ3v) is 5.13. The van der Waals surface area contributed by atoms with Gasteiger partial charge in [-0.25, -0.2) is 4.79 Å². The van der Waals surface area contributed by atoms with Crippen molar-refractivity contribution < 1.29 is 22.8 Å². The lowest BCUT2D eigenvalue weighted by Crippen LogP contribution is -2.45. The van der Waals surface area contributed by atoms with E-state index >= 15 is 0 Å². The maximum atomic E-state index is 13.1. The fourth-order valence-electron chi connectivity index (χ4n) is 3.57. The van der Waals surface area contributed by atoms with Crippen molar-refractivity contribution >= 4 is 11.9 Å². The van der Waals surface area contributed by atoms with Gasteiger partial charge in [-0.15, -0.1) is 0 Å². The van der Waals surface area contributed by atoms with Crippen LogP contribution in [0.5, 0.6) is 0 Å². The Hall–Kier alpha value is -3.36. The van der Waals surface area contributed by atoms with E-state index < -0.39 is 23.8 Å². The van der Waals surface area contributed by atoms with Crippen LogP contribution in [0, 0.1) is 0 Å². The minimum absolute atomic E-state index is 0.248. The summed E-state index contributed by atoms with van der Waals surface area (Å²) in [4.78, 5) is 32.4. The molecule has 1 atom stereocenters. The highest BCUT2D eigenvalue weighted by atomic mass is 19.4. The molecule has 2 aliphatic rings. The van der Waals surface area contributed by atoms with Gasteiger partial charge in [0, 0.05) is 26.0 Å². The van der Waals surface area contributed by atoms with Crippen molar-refractivity contribution in [2.24, 2.45) is 0 Å². The first kappa shape index (κ1) is 19.0. The summed E-state index contributed by atoms with van der Waals surface area (Å²) in [5.74, 6) is -0.256. The molecule has 0 spiro atoms. The second kappa shape index (κ2) is 6.91. The average Bonchev–Trinajstić information content (AvgIpc) is 3.02. The summed E-state index contributed by atoms with van der Waals surface area (Å²) in [5.41, 5.74) is 1.46. The molecule has 1 N–H and O–H groups in total. The first-order valence-electron chi connectivity index (χ1n) is 8.88. The monoisotopic (exact) mass is 402 g/mol. The van der Waals surface area contributed by atoms with E-state index in [0.29, 0.717) is 23.4 Å². The third kappa shape index (κ3) is 3.43. The Labute approximate surface area is 164 Å². The number of urea groups is 1. The molecule has 0 saturated carbocycles. The zero-order valence-electron chi connectivity index (χ0n) is 15.4. The summed E-state index contributed by atoms with van der Waals surface area (Å²) < 4.78 is 38.6. The van der Waals surface area contributed by atoms with Gasteiger partial charge in [-0.3, -0.25) is 14.7 Å². The van der Waals surface area contributed by atoms with E-state index in [4.69, 9.17) is 0 Å². The van der Waals surface area contributed by atoms with Gasteiger partial charge in [-0.2, -0.15) is 13.2 Å². The van der Waals surface area contributed by atoms with Gasteiger partial charge in [0.15, 0.2) is 0 Å². The van der Waals surface area contributed by atoms with Gasteiger partial charge in [0.05, 0.1) is 29.4 Å². The molecule has 29 heavy (non-hydrogen) atoms. The maximum absolute atomic E-state index is 13.1. The van der Waals surface area contributed by atoms with Crippen LogP contribution in [0.4, 0.5) is 18.0 Å². The van der Waals surface area contributed by atoms with Crippen LogP contribution in [0.3, 0.4) is 0 Å². The molecule has 150 valence electrons. The highest BCUT2D eigenvalue weighted by molar-refractivity contribution is 6.01. The number of amides is 3. The van der Waals surface area contributed by atoms with E-state index in [1.54, 1.807) is 36.5 Å². The first-order chi connectivity index (χ1) is 13.8. The van der Waals surface area contributed by atoms with Crippen molar-refractivity contribution in [2.45, 2.75) is 18.8 Å². The number of carbonyl (C=O) groups is 2. The van der Waals surface area contributed by atoms with Gasteiger partial charge in [0.1, 0.15) is 0 Å². The second-order valence-corrected chi connectivity index (χ2v) is 6.94. The zero-order valence-corrected chi connectivity index (χ0v) is 15.4. The number of hydrogen-bond donors (Lipinski definition) is 1. The highest BCUT2D eigenvalue weighted by Gasteiger charge is 2.43. The minimum Gasteiger partial charge on any atom is -0.329 e. The Morgan fingerprint density at radius 2 is 1.76 bits per heavy atom. The lowest BCUT2D eigenvalue weighted by Gasteiger charge is -2.31. The largest absolute Gasteiger partial charge is 0.416 e. The number of hydrogen-bond acceptors (Lipinski definition) is 3. The SMILES string of the molecule is CN1C(=O)NC(c2ccc(C(F)(F)F)cc2)C2=C1CN(Cc1ccncc1)C2=O. The van der Waals surface area contributed by atoms with Crippen molar-refractivity contribution in [3.05, 3.63) is 76.8 Å². The molecule has 4 rings (SSSR count). The van der Waals surface area contributed by atoms with Crippen molar-refractivity contribution in [2.75, 3.05) is 13.6 Å². The summed E-state index contributed by atoms with van der Waals surface area (Å²) in [5, 5.41) is 2.72. The predicted molar refractivity (Wildman–Crippen MR) is 97.2 cm³/mol. The molecule has 3 amide bonds. The van der Waals surface area contributed by atoms with Crippen molar-refractivity contribution in [1.82, 2.24) is 20.1 Å². The Kier molecular flexibility index (Phi) is 4.52. The van der Waals surface area contributed by atoms with Crippen LogP contribution in [0.15, 0.2) is 60.1 Å². The summed E-state index contributed by atoms with van der Waals surface area (Å²) in [7, 11) is 1.57. The van der Waals surface area contributed by atoms with Gasteiger partial charge >= 0.3 is 12.2 Å². The molecule has 0 bridgehead atoms. The van der Waals surface area contributed by atoms with E-state index in [-0.39, 0.29) is 12.5 Å². The summed E-state index contributed by atoms with van der Waals surface area (Å²) in [6.07, 6.45) is -1.19. The fraction of sp³-hybridized carbons (Fsp3) is 0.250. The number of benzene rings is 1. The van der Waals surface area contributed by atoms with E-state index in [9.17, 15) is 22.8 Å². The Bertz CT molecular complexity index is 987. The van der Waals surface area contributed by atoms with Crippen LogP contribution in [0.25, 0.3) is 0 Å². The molecule has 0 fully saturated rings. The molecular weight excluding hydrogens is 385 g/mol. The maximum Gasteiger partial charge on any atom is 0.416 e. The van der Waals surface area contributed by atoms with Crippen molar-refractivity contribution in [3.63, 3.8) is 0 Å². The lowest BCUT2D eigenvalue weighted by atomic mass is 9.95. The molecule has 1 aromatic carbocycles. The molecule has 1 unspecified atom stereocenters. The smallest absolute Gasteiger partial charge is 0.329 e. The van der Waals surface area contributed by atoms with Gasteiger partial charge in [-0.05, 0) is 35.4 Å². The molecule has 0 aliphatic carbocycles. The summed E-state index contributed by atoms with van der Waals surface area (Å²) in [6.45, 7) is 0.591. The predicted octanol–water partition coefficient (Wildman–Crippen LogP) is 3.09. The molecule has 1 aromatic heterocycles. The minimum atomic E-state index is -4.45. The van der Waals surface area contributed by atoms with Crippen molar-refractivity contribution in [3.8, 4) is 0 Å². The first-order valence-corrected chi connectivity index (χ1v) is 8.88. The molecule has 0 radical (unpaired) electrons. The number of alkyl halides is 3. The topological polar surface area (TPSA) is 65.5 Å². The molecular formula is C20H17F3N4O2. The lowest BCUT2D eigenvalue weighted by molar-refractivity contribution is -0.137. The number of nitrogens with one attached hydrogen (secondary N) is 1. The van der Waals surface area contributed by atoms with Crippen molar-refractivity contribution in [1.29, 1.82) is 0 Å². The fourth-order valence-corrected chi connectivity index (χ4v) is 3.57. The third-order valence-electron chi connectivity index (χ3n) is 5.13. The number of nitrogens with zero attached hydrogens (tertiary/aromatic N) is 3. The second-order valence-electron chi connectivity index (χ2n) is 6.94. The summed E-state index contributed by atoms with van der Waals surface area (Å²) in [6, 6.07) is 6.88. The highest BCUT2D eigenvalue weighted by Crippen LogP contribution is 2.37. The van der Waals surface area contributed by atoms with E-state index in [1.807, 2.05) is 0 Å². The number of rotatable bonds is 3. The quantitative estimate of drug-likeness (QED) is 0.858. The van der Waals surface area contributed by atoms with Gasteiger partial charge in [-0.1, -0.05) is 12.1 Å². The summed E-state index contributed by atoms with van der Waals surface area (Å²) >= 11 is 0. The molecule has 3 heterocycles.